The Labute approximate surface area is 177 Å². The molecule has 0 bridgehead atoms. The summed E-state index contributed by atoms with van der Waals surface area (Å²) in [6.07, 6.45) is 3.64. The van der Waals surface area contributed by atoms with Crippen molar-refractivity contribution in [3.63, 3.8) is 0 Å². The number of benzene rings is 2. The molecule has 1 saturated heterocycles. The Bertz CT molecular complexity index is 1300. The topological polar surface area (TPSA) is 66.9 Å². The van der Waals surface area contributed by atoms with Gasteiger partial charge in [-0.05, 0) is 48.5 Å². The Balaban J connectivity index is 1.32. The number of anilines is 1. The molecule has 6 nitrogen and oxygen atoms in total. The Kier molecular flexibility index (Phi) is 4.21. The molecule has 2 aromatic carbocycles. The van der Waals surface area contributed by atoms with Gasteiger partial charge in [-0.1, -0.05) is 0 Å². The van der Waals surface area contributed by atoms with Gasteiger partial charge in [-0.25, -0.2) is 9.97 Å². The third kappa shape index (κ3) is 3.12. The number of rotatable bonds is 3. The van der Waals surface area contributed by atoms with E-state index in [1.807, 2.05) is 12.3 Å². The smallest absolute Gasteiger partial charge is 0.138 e. The highest BCUT2D eigenvalue weighted by Gasteiger charge is 2.13. The lowest BCUT2D eigenvalue weighted by Crippen LogP contribution is -2.36. The summed E-state index contributed by atoms with van der Waals surface area (Å²) >= 11 is 1.66. The van der Waals surface area contributed by atoms with Crippen LogP contribution in [0.25, 0.3) is 43.2 Å². The van der Waals surface area contributed by atoms with Crippen molar-refractivity contribution in [3.05, 3.63) is 60.9 Å². The summed E-state index contributed by atoms with van der Waals surface area (Å²) in [5.74, 6) is 0.879. The first kappa shape index (κ1) is 17.6. The zero-order chi connectivity index (χ0) is 19.9. The first-order valence-corrected chi connectivity index (χ1v) is 10.8. The van der Waals surface area contributed by atoms with Crippen LogP contribution in [0.3, 0.4) is 0 Å². The van der Waals surface area contributed by atoms with E-state index in [9.17, 15) is 0 Å². The van der Waals surface area contributed by atoms with Crippen molar-refractivity contribution in [2.24, 2.45) is 0 Å². The molecule has 0 saturated carbocycles. The highest BCUT2D eigenvalue weighted by Crippen LogP contribution is 2.32. The second-order valence-electron chi connectivity index (χ2n) is 7.33. The number of H-pyrrole nitrogens is 1. The molecule has 0 spiro atoms. The molecule has 7 heteroatoms. The van der Waals surface area contributed by atoms with Gasteiger partial charge >= 0.3 is 0 Å². The Morgan fingerprint density at radius 1 is 0.900 bits per heavy atom. The lowest BCUT2D eigenvalue weighted by molar-refractivity contribution is 0.122. The normalized spacial score (nSPS) is 14.6. The lowest BCUT2D eigenvalue weighted by atomic mass is 10.2. The fraction of sp³-hybridized carbons (Fsp3) is 0.174. The first-order valence-electron chi connectivity index (χ1n) is 9.97. The van der Waals surface area contributed by atoms with Crippen molar-refractivity contribution in [1.29, 1.82) is 0 Å². The van der Waals surface area contributed by atoms with Crippen molar-refractivity contribution >= 4 is 38.3 Å². The second kappa shape index (κ2) is 7.19. The average Bonchev–Trinajstić information content (AvgIpc) is 3.43. The summed E-state index contributed by atoms with van der Waals surface area (Å²) in [7, 11) is 0. The van der Waals surface area contributed by atoms with Crippen molar-refractivity contribution in [2.45, 2.75) is 0 Å². The first-order chi connectivity index (χ1) is 14.8. The molecule has 30 heavy (non-hydrogen) atoms. The van der Waals surface area contributed by atoms with Gasteiger partial charge < -0.3 is 14.6 Å². The van der Waals surface area contributed by atoms with Crippen LogP contribution in [0.1, 0.15) is 0 Å². The van der Waals surface area contributed by atoms with Crippen LogP contribution in [-0.4, -0.2) is 46.2 Å². The van der Waals surface area contributed by atoms with Gasteiger partial charge in [0.1, 0.15) is 10.8 Å². The quantitative estimate of drug-likeness (QED) is 0.463. The Morgan fingerprint density at radius 3 is 2.57 bits per heavy atom. The van der Waals surface area contributed by atoms with Crippen molar-refractivity contribution in [1.82, 2.24) is 19.9 Å². The molecule has 0 aliphatic carbocycles. The van der Waals surface area contributed by atoms with Crippen LogP contribution in [0, 0.1) is 0 Å². The summed E-state index contributed by atoms with van der Waals surface area (Å²) < 4.78 is 6.54. The van der Waals surface area contributed by atoms with Crippen LogP contribution >= 0.6 is 11.3 Å². The number of aromatic nitrogens is 4. The third-order valence-corrected chi connectivity index (χ3v) is 6.49. The van der Waals surface area contributed by atoms with Crippen molar-refractivity contribution < 1.29 is 4.74 Å². The fourth-order valence-corrected chi connectivity index (χ4v) is 4.76. The van der Waals surface area contributed by atoms with E-state index in [1.54, 1.807) is 17.5 Å². The average molecular weight is 414 g/mol. The molecule has 6 rings (SSSR count). The zero-order valence-electron chi connectivity index (χ0n) is 16.2. The molecule has 1 fully saturated rings. The van der Waals surface area contributed by atoms with Gasteiger partial charge in [0.2, 0.25) is 0 Å². The van der Waals surface area contributed by atoms with Crippen LogP contribution in [0.15, 0.2) is 60.9 Å². The maximum atomic E-state index is 5.44. The summed E-state index contributed by atoms with van der Waals surface area (Å²) in [4.78, 5) is 19.5. The molecule has 0 atom stereocenters. The minimum absolute atomic E-state index is 0.791. The standard InChI is InChI=1S/C23H19N5OS/c1-4-17(28-9-11-29-12-10-28)5-2-15(1)22-25-18-6-3-16(13-20(18)26-22)23-27-19-7-8-24-14-21(19)30-23/h1-8,13-14H,9-12H2,(H,25,26). The van der Waals surface area contributed by atoms with Gasteiger partial charge in [0.15, 0.2) is 0 Å². The maximum Gasteiger partial charge on any atom is 0.138 e. The minimum Gasteiger partial charge on any atom is -0.378 e. The number of ether oxygens (including phenoxy) is 1. The van der Waals surface area contributed by atoms with E-state index < -0.39 is 0 Å². The van der Waals surface area contributed by atoms with E-state index in [0.29, 0.717) is 0 Å². The van der Waals surface area contributed by atoms with Crippen LogP contribution in [-0.2, 0) is 4.74 Å². The Hall–Kier alpha value is -3.29. The number of nitrogens with one attached hydrogen (secondary N) is 1. The highest BCUT2D eigenvalue weighted by molar-refractivity contribution is 7.21. The van der Waals surface area contributed by atoms with Gasteiger partial charge in [-0.15, -0.1) is 11.3 Å². The van der Waals surface area contributed by atoms with Crippen LogP contribution in [0.4, 0.5) is 5.69 Å². The SMILES string of the molecule is c1cc2nc(-c3ccc4nc(-c5ccc(N6CCOCC6)cc5)[nH]c4c3)sc2cn1. The van der Waals surface area contributed by atoms with Crippen LogP contribution in [0.5, 0.6) is 0 Å². The van der Waals surface area contributed by atoms with Gasteiger partial charge in [0.25, 0.3) is 0 Å². The summed E-state index contributed by atoms with van der Waals surface area (Å²) in [6, 6.07) is 16.8. The number of morpholine rings is 1. The number of aromatic amines is 1. The monoisotopic (exact) mass is 413 g/mol. The number of hydrogen-bond donors (Lipinski definition) is 1. The van der Waals surface area contributed by atoms with Crippen molar-refractivity contribution in [3.8, 4) is 22.0 Å². The van der Waals surface area contributed by atoms with E-state index in [1.165, 1.54) is 5.69 Å². The van der Waals surface area contributed by atoms with Gasteiger partial charge in [0, 0.05) is 42.3 Å². The fourth-order valence-electron chi connectivity index (χ4n) is 3.83. The predicted molar refractivity (Wildman–Crippen MR) is 121 cm³/mol. The van der Waals surface area contributed by atoms with E-state index in [4.69, 9.17) is 14.7 Å². The Morgan fingerprint density at radius 2 is 1.73 bits per heavy atom. The second-order valence-corrected chi connectivity index (χ2v) is 8.36. The third-order valence-electron chi connectivity index (χ3n) is 5.44. The summed E-state index contributed by atoms with van der Waals surface area (Å²) in [5, 5.41) is 0.992. The molecule has 3 aromatic heterocycles. The van der Waals surface area contributed by atoms with Gasteiger partial charge in [-0.2, -0.15) is 0 Å². The molecule has 148 valence electrons. The molecule has 0 radical (unpaired) electrons. The van der Waals surface area contributed by atoms with Gasteiger partial charge in [-0.3, -0.25) is 4.98 Å². The van der Waals surface area contributed by atoms with Crippen molar-refractivity contribution in [2.75, 3.05) is 31.2 Å². The minimum atomic E-state index is 0.791. The molecule has 1 aliphatic heterocycles. The predicted octanol–water partition coefficient (Wildman–Crippen LogP) is 4.74. The molecule has 0 unspecified atom stereocenters. The van der Waals surface area contributed by atoms with Crippen LogP contribution in [0.2, 0.25) is 0 Å². The molecule has 5 aromatic rings. The van der Waals surface area contributed by atoms with Crippen LogP contribution < -0.4 is 4.90 Å². The van der Waals surface area contributed by atoms with E-state index >= 15 is 0 Å². The summed E-state index contributed by atoms with van der Waals surface area (Å²) in [5.41, 5.74) is 6.34. The molecule has 1 N–H and O–H groups in total. The molecular formula is C23H19N5OS. The van der Waals surface area contributed by atoms with Gasteiger partial charge in [0.05, 0.1) is 34.5 Å². The highest BCUT2D eigenvalue weighted by atomic mass is 32.1. The molecular weight excluding hydrogens is 394 g/mol. The van der Waals surface area contributed by atoms with E-state index in [2.05, 4.69) is 57.3 Å². The maximum absolute atomic E-state index is 5.44. The number of hydrogen-bond acceptors (Lipinski definition) is 6. The zero-order valence-corrected chi connectivity index (χ0v) is 17.0. The molecule has 1 aliphatic rings. The van der Waals surface area contributed by atoms with E-state index in [-0.39, 0.29) is 0 Å². The molecule has 4 heterocycles. The number of nitrogens with zero attached hydrogens (tertiary/aromatic N) is 4. The number of fused-ring (bicyclic) bond motifs is 2. The number of imidazole rings is 1. The van der Waals surface area contributed by atoms with E-state index in [0.717, 1.165) is 69.5 Å². The number of pyridine rings is 1. The molecule has 0 amide bonds. The lowest BCUT2D eigenvalue weighted by Gasteiger charge is -2.28. The summed E-state index contributed by atoms with van der Waals surface area (Å²) in [6.45, 7) is 3.46. The number of thiazole rings is 1. The largest absolute Gasteiger partial charge is 0.378 e.